The predicted octanol–water partition coefficient (Wildman–Crippen LogP) is 5.09. The van der Waals surface area contributed by atoms with E-state index in [-0.39, 0.29) is 6.10 Å². The van der Waals surface area contributed by atoms with Crippen molar-refractivity contribution in [2.75, 3.05) is 6.54 Å². The summed E-state index contributed by atoms with van der Waals surface area (Å²) in [6.07, 6.45) is 8.36. The van der Waals surface area contributed by atoms with Gasteiger partial charge in [0.25, 0.3) is 0 Å². The normalized spacial score (nSPS) is 17.9. The van der Waals surface area contributed by atoms with Crippen molar-refractivity contribution in [3.63, 3.8) is 0 Å². The van der Waals surface area contributed by atoms with Crippen LogP contribution >= 0.6 is 0 Å². The van der Waals surface area contributed by atoms with Crippen LogP contribution in [0.25, 0.3) is 0 Å². The second-order valence-electron chi connectivity index (χ2n) is 6.57. The van der Waals surface area contributed by atoms with E-state index < -0.39 is 0 Å². The molecule has 0 aliphatic heterocycles. The van der Waals surface area contributed by atoms with Crippen molar-refractivity contribution in [2.24, 2.45) is 5.92 Å². The third-order valence-corrected chi connectivity index (χ3v) is 4.35. The molecule has 0 bridgehead atoms. The van der Waals surface area contributed by atoms with Gasteiger partial charge in [0, 0.05) is 6.04 Å². The van der Waals surface area contributed by atoms with Gasteiger partial charge < -0.3 is 10.1 Å². The molecule has 1 atom stereocenters. The first-order valence-corrected chi connectivity index (χ1v) is 8.70. The zero-order valence-electron chi connectivity index (χ0n) is 13.9. The average Bonchev–Trinajstić information content (AvgIpc) is 2.50. The van der Waals surface area contributed by atoms with Crippen LogP contribution in [0.15, 0.2) is 24.3 Å². The summed E-state index contributed by atoms with van der Waals surface area (Å²) in [5.41, 5.74) is 1.42. The van der Waals surface area contributed by atoms with Crippen molar-refractivity contribution in [1.29, 1.82) is 0 Å². The van der Waals surface area contributed by atoms with E-state index in [2.05, 4.69) is 50.4 Å². The highest BCUT2D eigenvalue weighted by atomic mass is 16.5. The van der Waals surface area contributed by atoms with E-state index in [1.165, 1.54) is 44.1 Å². The minimum atomic E-state index is 0.239. The summed E-state index contributed by atoms with van der Waals surface area (Å²) < 4.78 is 5.76. The standard InChI is InChI=1S/C19H31NO/c1-4-14-20-19(16-8-6-5-7-9-16)17-10-12-18(13-11-17)21-15(2)3/h10-13,15-16,19-20H,4-9,14H2,1-3H3. The number of ether oxygens (including phenoxy) is 1. The Labute approximate surface area is 130 Å². The Morgan fingerprint density at radius 2 is 1.76 bits per heavy atom. The molecule has 1 aromatic rings. The van der Waals surface area contributed by atoms with Crippen molar-refractivity contribution in [3.8, 4) is 5.75 Å². The molecule has 0 aromatic heterocycles. The molecular weight excluding hydrogens is 258 g/mol. The molecule has 1 aromatic carbocycles. The zero-order chi connectivity index (χ0) is 15.1. The van der Waals surface area contributed by atoms with Gasteiger partial charge in [-0.1, -0.05) is 38.3 Å². The van der Waals surface area contributed by atoms with E-state index in [9.17, 15) is 0 Å². The fourth-order valence-corrected chi connectivity index (χ4v) is 3.35. The van der Waals surface area contributed by atoms with Gasteiger partial charge in [-0.25, -0.2) is 0 Å². The lowest BCUT2D eigenvalue weighted by molar-refractivity contribution is 0.242. The molecule has 0 saturated heterocycles. The van der Waals surface area contributed by atoms with Gasteiger partial charge >= 0.3 is 0 Å². The largest absolute Gasteiger partial charge is 0.491 e. The molecule has 1 saturated carbocycles. The van der Waals surface area contributed by atoms with Gasteiger partial charge in [0.2, 0.25) is 0 Å². The fraction of sp³-hybridized carbons (Fsp3) is 0.684. The maximum absolute atomic E-state index is 5.76. The minimum Gasteiger partial charge on any atom is -0.491 e. The van der Waals surface area contributed by atoms with Crippen molar-refractivity contribution in [1.82, 2.24) is 5.32 Å². The highest BCUT2D eigenvalue weighted by molar-refractivity contribution is 5.29. The number of nitrogens with one attached hydrogen (secondary N) is 1. The highest BCUT2D eigenvalue weighted by Gasteiger charge is 2.24. The third kappa shape index (κ3) is 5.03. The summed E-state index contributed by atoms with van der Waals surface area (Å²) in [6, 6.07) is 9.26. The van der Waals surface area contributed by atoms with E-state index in [1.807, 2.05) is 0 Å². The molecule has 0 radical (unpaired) electrons. The summed E-state index contributed by atoms with van der Waals surface area (Å²) in [6.45, 7) is 7.49. The Hall–Kier alpha value is -1.02. The van der Waals surface area contributed by atoms with Gasteiger partial charge in [0.1, 0.15) is 5.75 Å². The molecule has 1 N–H and O–H groups in total. The maximum Gasteiger partial charge on any atom is 0.119 e. The lowest BCUT2D eigenvalue weighted by Gasteiger charge is -2.31. The lowest BCUT2D eigenvalue weighted by Crippen LogP contribution is -2.30. The molecule has 0 heterocycles. The minimum absolute atomic E-state index is 0.239. The Balaban J connectivity index is 2.07. The van der Waals surface area contributed by atoms with Crippen molar-refractivity contribution < 1.29 is 4.74 Å². The molecule has 118 valence electrons. The van der Waals surface area contributed by atoms with E-state index in [1.54, 1.807) is 0 Å². The molecule has 0 amide bonds. The lowest BCUT2D eigenvalue weighted by atomic mass is 9.81. The predicted molar refractivity (Wildman–Crippen MR) is 89.8 cm³/mol. The fourth-order valence-electron chi connectivity index (χ4n) is 3.35. The Bertz CT molecular complexity index is 393. The number of rotatable bonds is 7. The smallest absolute Gasteiger partial charge is 0.119 e. The van der Waals surface area contributed by atoms with Crippen molar-refractivity contribution >= 4 is 0 Å². The summed E-state index contributed by atoms with van der Waals surface area (Å²) in [4.78, 5) is 0. The van der Waals surface area contributed by atoms with Crippen LogP contribution in [-0.2, 0) is 0 Å². The quantitative estimate of drug-likeness (QED) is 0.754. The van der Waals surface area contributed by atoms with Gasteiger partial charge in [-0.3, -0.25) is 0 Å². The second kappa shape index (κ2) is 8.43. The molecule has 1 aliphatic carbocycles. The first-order chi connectivity index (χ1) is 10.2. The van der Waals surface area contributed by atoms with Gasteiger partial charge in [-0.2, -0.15) is 0 Å². The number of benzene rings is 1. The van der Waals surface area contributed by atoms with E-state index in [0.29, 0.717) is 6.04 Å². The maximum atomic E-state index is 5.76. The summed E-state index contributed by atoms with van der Waals surface area (Å²) >= 11 is 0. The van der Waals surface area contributed by atoms with Crippen LogP contribution in [0.4, 0.5) is 0 Å². The van der Waals surface area contributed by atoms with E-state index in [4.69, 9.17) is 4.74 Å². The number of hydrogen-bond donors (Lipinski definition) is 1. The summed E-state index contributed by atoms with van der Waals surface area (Å²) in [5.74, 6) is 1.77. The summed E-state index contributed by atoms with van der Waals surface area (Å²) in [5, 5.41) is 3.77. The SMILES string of the molecule is CCCNC(c1ccc(OC(C)C)cc1)C1CCCCC1. The number of hydrogen-bond acceptors (Lipinski definition) is 2. The van der Waals surface area contributed by atoms with Gasteiger partial charge in [0.05, 0.1) is 6.10 Å². The molecule has 2 heteroatoms. The first kappa shape index (κ1) is 16.4. The van der Waals surface area contributed by atoms with Crippen LogP contribution < -0.4 is 10.1 Å². The zero-order valence-corrected chi connectivity index (χ0v) is 13.9. The van der Waals surface area contributed by atoms with Gasteiger partial charge in [0.15, 0.2) is 0 Å². The van der Waals surface area contributed by atoms with Crippen molar-refractivity contribution in [2.45, 2.75) is 71.4 Å². The van der Waals surface area contributed by atoms with Crippen molar-refractivity contribution in [3.05, 3.63) is 29.8 Å². The third-order valence-electron chi connectivity index (χ3n) is 4.35. The molecule has 1 fully saturated rings. The second-order valence-corrected chi connectivity index (χ2v) is 6.57. The summed E-state index contributed by atoms with van der Waals surface area (Å²) in [7, 11) is 0. The Morgan fingerprint density at radius 1 is 1.10 bits per heavy atom. The molecule has 2 rings (SSSR count). The van der Waals surface area contributed by atoms with Crippen LogP contribution in [0, 0.1) is 5.92 Å². The Kier molecular flexibility index (Phi) is 6.56. The van der Waals surface area contributed by atoms with Gasteiger partial charge in [-0.05, 0) is 63.3 Å². The Morgan fingerprint density at radius 3 is 2.33 bits per heavy atom. The van der Waals surface area contributed by atoms with E-state index in [0.717, 1.165) is 18.2 Å². The molecule has 21 heavy (non-hydrogen) atoms. The van der Waals surface area contributed by atoms with E-state index >= 15 is 0 Å². The molecular formula is C19H31NO. The molecule has 0 spiro atoms. The highest BCUT2D eigenvalue weighted by Crippen LogP contribution is 2.35. The van der Waals surface area contributed by atoms with Crippen LogP contribution in [0.5, 0.6) is 5.75 Å². The average molecular weight is 289 g/mol. The van der Waals surface area contributed by atoms with Crippen LogP contribution in [0.3, 0.4) is 0 Å². The van der Waals surface area contributed by atoms with Crippen LogP contribution in [0.2, 0.25) is 0 Å². The first-order valence-electron chi connectivity index (χ1n) is 8.70. The van der Waals surface area contributed by atoms with Crippen LogP contribution in [-0.4, -0.2) is 12.6 Å². The molecule has 2 nitrogen and oxygen atoms in total. The molecule has 1 unspecified atom stereocenters. The van der Waals surface area contributed by atoms with Gasteiger partial charge in [-0.15, -0.1) is 0 Å². The molecule has 1 aliphatic rings. The topological polar surface area (TPSA) is 21.3 Å². The monoisotopic (exact) mass is 289 g/mol. The van der Waals surface area contributed by atoms with Crippen LogP contribution in [0.1, 0.15) is 70.9 Å².